The zero-order valence-corrected chi connectivity index (χ0v) is 16.2. The topological polar surface area (TPSA) is 41.6 Å². The van der Waals surface area contributed by atoms with Gasteiger partial charge in [-0.2, -0.15) is 0 Å². The van der Waals surface area contributed by atoms with E-state index in [9.17, 15) is 4.79 Å². The summed E-state index contributed by atoms with van der Waals surface area (Å²) in [6.07, 6.45) is 4.99. The van der Waals surface area contributed by atoms with E-state index in [4.69, 9.17) is 4.74 Å². The predicted octanol–water partition coefficient (Wildman–Crippen LogP) is 4.41. The molecule has 1 aliphatic carbocycles. The van der Waals surface area contributed by atoms with Gasteiger partial charge in [0.1, 0.15) is 5.75 Å². The first-order valence-corrected chi connectivity index (χ1v) is 10.2. The minimum absolute atomic E-state index is 0.0758. The average Bonchev–Trinajstić information content (AvgIpc) is 3.51. The molecule has 0 atom stereocenters. The molecular weight excluding hydrogens is 344 g/mol. The summed E-state index contributed by atoms with van der Waals surface area (Å²) in [5, 5.41) is 3.05. The van der Waals surface area contributed by atoms with Crippen LogP contribution in [0.4, 0.5) is 5.69 Å². The summed E-state index contributed by atoms with van der Waals surface area (Å²) in [5.74, 6) is 0.949. The summed E-state index contributed by atoms with van der Waals surface area (Å²) in [7, 11) is 1.68. The van der Waals surface area contributed by atoms with Crippen LogP contribution in [0.2, 0.25) is 0 Å². The third-order valence-corrected chi connectivity index (χ3v) is 5.41. The third-order valence-electron chi connectivity index (χ3n) is 4.62. The lowest BCUT2D eigenvalue weighted by Crippen LogP contribution is -2.29. The van der Waals surface area contributed by atoms with Crippen molar-refractivity contribution in [3.63, 3.8) is 0 Å². The van der Waals surface area contributed by atoms with Crippen molar-refractivity contribution in [2.75, 3.05) is 25.2 Å². The van der Waals surface area contributed by atoms with Gasteiger partial charge in [-0.15, -0.1) is 11.8 Å². The van der Waals surface area contributed by atoms with Crippen LogP contribution in [0.5, 0.6) is 5.75 Å². The van der Waals surface area contributed by atoms with E-state index < -0.39 is 0 Å². The molecule has 1 aliphatic rings. The van der Waals surface area contributed by atoms with Gasteiger partial charge < -0.3 is 10.1 Å². The van der Waals surface area contributed by atoms with E-state index in [0.29, 0.717) is 12.5 Å². The van der Waals surface area contributed by atoms with Gasteiger partial charge in [-0.25, -0.2) is 0 Å². The number of hydrogen-bond acceptors (Lipinski definition) is 4. The van der Waals surface area contributed by atoms with Crippen LogP contribution in [0, 0.1) is 0 Å². The van der Waals surface area contributed by atoms with Crippen molar-refractivity contribution in [3.8, 4) is 5.75 Å². The van der Waals surface area contributed by atoms with Crippen molar-refractivity contribution >= 4 is 23.4 Å². The van der Waals surface area contributed by atoms with Gasteiger partial charge in [-0.1, -0.05) is 24.3 Å². The van der Waals surface area contributed by atoms with Gasteiger partial charge >= 0.3 is 0 Å². The first-order chi connectivity index (χ1) is 12.7. The standard InChI is InChI=1S/C21H26N2O2S/c1-25-18-11-7-16(8-12-18)15-23(17-9-10-17)14-13-21(24)22-19-5-3-4-6-20(19)26-2/h3-8,11-12,17H,9-10,13-15H2,1-2H3,(H,22,24). The van der Waals surface area contributed by atoms with Crippen LogP contribution in [0.1, 0.15) is 24.8 Å². The summed E-state index contributed by atoms with van der Waals surface area (Å²) in [5.41, 5.74) is 2.16. The number of nitrogens with one attached hydrogen (secondary N) is 1. The van der Waals surface area contributed by atoms with E-state index in [1.54, 1.807) is 18.9 Å². The van der Waals surface area contributed by atoms with Crippen LogP contribution >= 0.6 is 11.8 Å². The first kappa shape index (κ1) is 18.8. The van der Waals surface area contributed by atoms with Crippen molar-refractivity contribution < 1.29 is 9.53 Å². The van der Waals surface area contributed by atoms with Gasteiger partial charge in [0.2, 0.25) is 5.91 Å². The summed E-state index contributed by atoms with van der Waals surface area (Å²) in [4.78, 5) is 15.9. The monoisotopic (exact) mass is 370 g/mol. The molecule has 0 spiro atoms. The van der Waals surface area contributed by atoms with Crippen LogP contribution in [-0.2, 0) is 11.3 Å². The number of amides is 1. The van der Waals surface area contributed by atoms with Gasteiger partial charge in [0.05, 0.1) is 12.8 Å². The van der Waals surface area contributed by atoms with E-state index in [0.717, 1.165) is 29.4 Å². The number of rotatable bonds is 9. The average molecular weight is 371 g/mol. The lowest BCUT2D eigenvalue weighted by atomic mass is 10.2. The van der Waals surface area contributed by atoms with Crippen LogP contribution in [-0.4, -0.2) is 36.8 Å². The Morgan fingerprint density at radius 3 is 2.58 bits per heavy atom. The lowest BCUT2D eigenvalue weighted by molar-refractivity contribution is -0.116. The minimum atomic E-state index is 0.0758. The molecule has 5 heteroatoms. The Kier molecular flexibility index (Phi) is 6.58. The Balaban J connectivity index is 1.54. The second kappa shape index (κ2) is 9.10. The largest absolute Gasteiger partial charge is 0.497 e. The van der Waals surface area contributed by atoms with E-state index in [-0.39, 0.29) is 5.91 Å². The second-order valence-electron chi connectivity index (χ2n) is 6.55. The van der Waals surface area contributed by atoms with Gasteiger partial charge in [0.15, 0.2) is 0 Å². The Labute approximate surface area is 159 Å². The molecule has 4 nitrogen and oxygen atoms in total. The zero-order valence-electron chi connectivity index (χ0n) is 15.4. The number of carbonyl (C=O) groups is 1. The summed E-state index contributed by atoms with van der Waals surface area (Å²) < 4.78 is 5.22. The van der Waals surface area contributed by atoms with Crippen LogP contribution < -0.4 is 10.1 Å². The molecule has 0 aromatic heterocycles. The Bertz CT molecular complexity index is 729. The lowest BCUT2D eigenvalue weighted by Gasteiger charge is -2.22. The first-order valence-electron chi connectivity index (χ1n) is 8.99. The number of thioether (sulfide) groups is 1. The highest BCUT2D eigenvalue weighted by Crippen LogP contribution is 2.29. The highest BCUT2D eigenvalue weighted by molar-refractivity contribution is 7.98. The molecular formula is C21H26N2O2S. The zero-order chi connectivity index (χ0) is 18.4. The van der Waals surface area contributed by atoms with E-state index in [1.807, 2.05) is 42.7 Å². The Morgan fingerprint density at radius 2 is 1.92 bits per heavy atom. The quantitative estimate of drug-likeness (QED) is 0.664. The summed E-state index contributed by atoms with van der Waals surface area (Å²) in [6, 6.07) is 16.7. The normalized spacial score (nSPS) is 13.7. The number of ether oxygens (including phenoxy) is 1. The minimum Gasteiger partial charge on any atom is -0.497 e. The highest BCUT2D eigenvalue weighted by atomic mass is 32.2. The van der Waals surface area contributed by atoms with E-state index >= 15 is 0 Å². The number of methoxy groups -OCH3 is 1. The molecule has 3 rings (SSSR count). The van der Waals surface area contributed by atoms with Crippen molar-refractivity contribution in [1.29, 1.82) is 0 Å². The molecule has 0 heterocycles. The highest BCUT2D eigenvalue weighted by Gasteiger charge is 2.29. The molecule has 0 aliphatic heterocycles. The summed E-state index contributed by atoms with van der Waals surface area (Å²) in [6.45, 7) is 1.66. The van der Waals surface area contributed by atoms with Gasteiger partial charge in [0.25, 0.3) is 0 Å². The fourth-order valence-electron chi connectivity index (χ4n) is 3.00. The molecule has 1 saturated carbocycles. The Morgan fingerprint density at radius 1 is 1.19 bits per heavy atom. The molecule has 2 aromatic rings. The number of carbonyl (C=O) groups excluding carboxylic acids is 1. The molecule has 2 aromatic carbocycles. The molecule has 0 unspecified atom stereocenters. The number of para-hydroxylation sites is 1. The molecule has 26 heavy (non-hydrogen) atoms. The van der Waals surface area contributed by atoms with E-state index in [2.05, 4.69) is 22.3 Å². The van der Waals surface area contributed by atoms with E-state index in [1.165, 1.54) is 18.4 Å². The molecule has 0 bridgehead atoms. The van der Waals surface area contributed by atoms with Crippen molar-refractivity contribution in [1.82, 2.24) is 4.90 Å². The maximum absolute atomic E-state index is 12.4. The fourth-order valence-corrected chi connectivity index (χ4v) is 3.56. The molecule has 1 amide bonds. The maximum atomic E-state index is 12.4. The number of hydrogen-bond donors (Lipinski definition) is 1. The smallest absolute Gasteiger partial charge is 0.225 e. The number of nitrogens with zero attached hydrogens (tertiary/aromatic N) is 1. The number of anilines is 1. The second-order valence-corrected chi connectivity index (χ2v) is 7.40. The third kappa shape index (κ3) is 5.26. The summed E-state index contributed by atoms with van der Waals surface area (Å²) >= 11 is 1.65. The molecule has 1 N–H and O–H groups in total. The van der Waals surface area contributed by atoms with Crippen molar-refractivity contribution in [3.05, 3.63) is 54.1 Å². The van der Waals surface area contributed by atoms with Gasteiger partial charge in [0, 0.05) is 30.4 Å². The van der Waals surface area contributed by atoms with Crippen molar-refractivity contribution in [2.24, 2.45) is 0 Å². The Hall–Kier alpha value is -1.98. The van der Waals surface area contributed by atoms with Crippen LogP contribution in [0.15, 0.2) is 53.4 Å². The van der Waals surface area contributed by atoms with Crippen molar-refractivity contribution in [2.45, 2.75) is 36.7 Å². The number of benzene rings is 2. The van der Waals surface area contributed by atoms with Gasteiger partial charge in [-0.3, -0.25) is 9.69 Å². The molecule has 0 saturated heterocycles. The molecule has 1 fully saturated rings. The van der Waals surface area contributed by atoms with Gasteiger partial charge in [-0.05, 0) is 48.9 Å². The molecule has 138 valence electrons. The molecule has 0 radical (unpaired) electrons. The SMILES string of the molecule is COc1ccc(CN(CCC(=O)Nc2ccccc2SC)C2CC2)cc1. The van der Waals surface area contributed by atoms with Crippen LogP contribution in [0.3, 0.4) is 0 Å². The van der Waals surface area contributed by atoms with Crippen LogP contribution in [0.25, 0.3) is 0 Å². The fraction of sp³-hybridized carbons (Fsp3) is 0.381. The maximum Gasteiger partial charge on any atom is 0.225 e. The predicted molar refractivity (Wildman–Crippen MR) is 108 cm³/mol.